The molecule has 0 fully saturated rings. The van der Waals surface area contributed by atoms with Crippen molar-refractivity contribution in [1.82, 2.24) is 0 Å². The molecule has 0 spiro atoms. The maximum Gasteiger partial charge on any atom is 0.411 e. The lowest BCUT2D eigenvalue weighted by molar-refractivity contribution is -0.117. The largest absolute Gasteiger partial charge is 0.450 e. The third-order valence-corrected chi connectivity index (χ3v) is 6.44. The van der Waals surface area contributed by atoms with Crippen molar-refractivity contribution in [3.8, 4) is 0 Å². The zero-order valence-corrected chi connectivity index (χ0v) is 21.2. The summed E-state index contributed by atoms with van der Waals surface area (Å²) in [6, 6.07) is 21.2. The summed E-state index contributed by atoms with van der Waals surface area (Å²) >= 11 is 6.07. The SMILES string of the molecule is CCOC(=O)Nc1ccc(C(=O)N2c3ccccc3[C@H](N(C(C)=O)c3ccc(Cl)cc3)C[C@@H]2C)cc1. The minimum Gasteiger partial charge on any atom is -0.450 e. The lowest BCUT2D eigenvalue weighted by atomic mass is 9.89. The van der Waals surface area contributed by atoms with Gasteiger partial charge in [0.15, 0.2) is 0 Å². The van der Waals surface area contributed by atoms with Crippen molar-refractivity contribution in [3.05, 3.63) is 88.9 Å². The number of amides is 3. The Bertz CT molecular complexity index is 1260. The number of carbonyl (C=O) groups excluding carboxylic acids is 3. The normalized spacial score (nSPS) is 16.6. The summed E-state index contributed by atoms with van der Waals surface area (Å²) in [6.07, 6.45) is 0.0184. The summed E-state index contributed by atoms with van der Waals surface area (Å²) in [5.74, 6) is -0.245. The van der Waals surface area contributed by atoms with Gasteiger partial charge in [-0.15, -0.1) is 0 Å². The Labute approximate surface area is 215 Å². The summed E-state index contributed by atoms with van der Waals surface area (Å²) in [5.41, 5.74) is 3.45. The van der Waals surface area contributed by atoms with E-state index in [9.17, 15) is 14.4 Å². The average Bonchev–Trinajstić information content (AvgIpc) is 2.85. The van der Waals surface area contributed by atoms with Crippen LogP contribution >= 0.6 is 11.6 Å². The second-order valence-electron chi connectivity index (χ2n) is 8.62. The first-order valence-electron chi connectivity index (χ1n) is 11.8. The van der Waals surface area contributed by atoms with E-state index in [0.29, 0.717) is 22.7 Å². The van der Waals surface area contributed by atoms with Gasteiger partial charge in [0.05, 0.1) is 12.6 Å². The second kappa shape index (κ2) is 10.8. The molecule has 0 aliphatic carbocycles. The lowest BCUT2D eigenvalue weighted by Gasteiger charge is -2.43. The number of halogens is 1. The van der Waals surface area contributed by atoms with Crippen LogP contribution in [0.3, 0.4) is 0 Å². The molecule has 1 aliphatic rings. The number of nitrogens with zero attached hydrogens (tertiary/aromatic N) is 2. The molecule has 36 heavy (non-hydrogen) atoms. The third kappa shape index (κ3) is 5.21. The molecule has 1 heterocycles. The number of hydrogen-bond acceptors (Lipinski definition) is 4. The second-order valence-corrected chi connectivity index (χ2v) is 9.06. The van der Waals surface area contributed by atoms with Crippen LogP contribution in [0.4, 0.5) is 21.9 Å². The minimum absolute atomic E-state index is 0.0891. The first-order chi connectivity index (χ1) is 17.3. The fourth-order valence-electron chi connectivity index (χ4n) is 4.64. The minimum atomic E-state index is -0.545. The molecule has 7 nitrogen and oxygen atoms in total. The van der Waals surface area contributed by atoms with Crippen LogP contribution in [0, 0.1) is 0 Å². The van der Waals surface area contributed by atoms with Crippen LogP contribution in [0.2, 0.25) is 5.02 Å². The number of fused-ring (bicyclic) bond motifs is 1. The van der Waals surface area contributed by atoms with E-state index in [1.165, 1.54) is 0 Å². The molecule has 2 atom stereocenters. The molecule has 4 rings (SSSR count). The Balaban J connectivity index is 1.65. The highest BCUT2D eigenvalue weighted by Gasteiger charge is 2.38. The van der Waals surface area contributed by atoms with Crippen LogP contribution in [0.15, 0.2) is 72.8 Å². The van der Waals surface area contributed by atoms with E-state index in [0.717, 1.165) is 16.9 Å². The van der Waals surface area contributed by atoms with E-state index in [1.54, 1.807) is 60.0 Å². The van der Waals surface area contributed by atoms with E-state index < -0.39 is 6.09 Å². The summed E-state index contributed by atoms with van der Waals surface area (Å²) in [5, 5.41) is 3.23. The maximum atomic E-state index is 13.6. The van der Waals surface area contributed by atoms with Crippen molar-refractivity contribution < 1.29 is 19.1 Å². The molecule has 3 aromatic carbocycles. The van der Waals surface area contributed by atoms with E-state index in [1.807, 2.05) is 43.3 Å². The quantitative estimate of drug-likeness (QED) is 0.432. The fourth-order valence-corrected chi connectivity index (χ4v) is 4.76. The van der Waals surface area contributed by atoms with Gasteiger partial charge >= 0.3 is 6.09 Å². The first-order valence-corrected chi connectivity index (χ1v) is 12.2. The van der Waals surface area contributed by atoms with E-state index in [4.69, 9.17) is 16.3 Å². The predicted molar refractivity (Wildman–Crippen MR) is 142 cm³/mol. The third-order valence-electron chi connectivity index (χ3n) is 6.19. The molecule has 3 aromatic rings. The number of ether oxygens (including phenoxy) is 1. The smallest absolute Gasteiger partial charge is 0.411 e. The molecule has 3 amide bonds. The molecule has 186 valence electrons. The zero-order chi connectivity index (χ0) is 25.8. The summed E-state index contributed by atoms with van der Waals surface area (Å²) in [6.45, 7) is 5.53. The standard InChI is InChI=1S/C28H28ClN3O4/c1-4-36-28(35)30-22-13-9-20(10-14-22)27(34)31-18(2)17-26(24-7-5-6-8-25(24)31)32(19(3)33)23-15-11-21(29)12-16-23/h5-16,18,26H,4,17H2,1-3H3,(H,30,35)/t18-,26+/m0/s1. The predicted octanol–water partition coefficient (Wildman–Crippen LogP) is 6.44. The van der Waals surface area contributed by atoms with Crippen LogP contribution in [-0.2, 0) is 9.53 Å². The Kier molecular flexibility index (Phi) is 7.60. The maximum absolute atomic E-state index is 13.6. The van der Waals surface area contributed by atoms with Crippen molar-refractivity contribution in [2.75, 3.05) is 21.7 Å². The van der Waals surface area contributed by atoms with Gasteiger partial charge in [-0.3, -0.25) is 14.9 Å². The zero-order valence-electron chi connectivity index (χ0n) is 20.4. The molecule has 1 aliphatic heterocycles. The number of hydrogen-bond donors (Lipinski definition) is 1. The highest BCUT2D eigenvalue weighted by Crippen LogP contribution is 2.42. The van der Waals surface area contributed by atoms with Gasteiger partial charge in [-0.1, -0.05) is 29.8 Å². The molecule has 0 unspecified atom stereocenters. The van der Waals surface area contributed by atoms with Gasteiger partial charge in [-0.25, -0.2) is 4.79 Å². The molecule has 0 radical (unpaired) electrons. The Morgan fingerprint density at radius 2 is 1.69 bits per heavy atom. The summed E-state index contributed by atoms with van der Waals surface area (Å²) in [4.78, 5) is 41.7. The number of anilines is 3. The van der Waals surface area contributed by atoms with E-state index in [2.05, 4.69) is 5.32 Å². The van der Waals surface area contributed by atoms with E-state index in [-0.39, 0.29) is 30.5 Å². The van der Waals surface area contributed by atoms with Crippen molar-refractivity contribution in [1.29, 1.82) is 0 Å². The number of rotatable bonds is 5. The Morgan fingerprint density at radius 1 is 1.03 bits per heavy atom. The molecule has 0 saturated carbocycles. The molecule has 0 saturated heterocycles. The number of para-hydroxylation sites is 1. The highest BCUT2D eigenvalue weighted by atomic mass is 35.5. The van der Waals surface area contributed by atoms with Gasteiger partial charge in [0.25, 0.3) is 5.91 Å². The van der Waals surface area contributed by atoms with Crippen molar-refractivity contribution in [2.24, 2.45) is 0 Å². The molecular formula is C28H28ClN3O4. The van der Waals surface area contributed by atoms with Gasteiger partial charge in [0.1, 0.15) is 0 Å². The van der Waals surface area contributed by atoms with Gasteiger partial charge in [-0.05, 0) is 80.4 Å². The first kappa shape index (κ1) is 25.3. The fraction of sp³-hybridized carbons (Fsp3) is 0.250. The topological polar surface area (TPSA) is 79.0 Å². The van der Waals surface area contributed by atoms with Crippen LogP contribution in [-0.4, -0.2) is 30.6 Å². The van der Waals surface area contributed by atoms with Crippen molar-refractivity contribution in [3.63, 3.8) is 0 Å². The summed E-state index contributed by atoms with van der Waals surface area (Å²) in [7, 11) is 0. The average molecular weight is 506 g/mol. The van der Waals surface area contributed by atoms with Crippen LogP contribution in [0.1, 0.15) is 49.2 Å². The van der Waals surface area contributed by atoms with Gasteiger partial charge in [0.2, 0.25) is 5.91 Å². The molecule has 8 heteroatoms. The Hall–Kier alpha value is -3.84. The van der Waals surface area contributed by atoms with E-state index >= 15 is 0 Å². The van der Waals surface area contributed by atoms with Crippen LogP contribution in [0.5, 0.6) is 0 Å². The van der Waals surface area contributed by atoms with Gasteiger partial charge in [0, 0.05) is 40.6 Å². The summed E-state index contributed by atoms with van der Waals surface area (Å²) < 4.78 is 4.90. The molecular weight excluding hydrogens is 478 g/mol. The van der Waals surface area contributed by atoms with Gasteiger partial charge in [-0.2, -0.15) is 0 Å². The van der Waals surface area contributed by atoms with Crippen molar-refractivity contribution in [2.45, 2.75) is 39.3 Å². The molecule has 0 aromatic heterocycles. The number of nitrogens with one attached hydrogen (secondary N) is 1. The number of carbonyl (C=O) groups is 3. The molecule has 1 N–H and O–H groups in total. The van der Waals surface area contributed by atoms with Crippen molar-refractivity contribution >= 4 is 46.6 Å². The lowest BCUT2D eigenvalue weighted by Crippen LogP contribution is -2.47. The monoisotopic (exact) mass is 505 g/mol. The number of benzene rings is 3. The van der Waals surface area contributed by atoms with Crippen LogP contribution < -0.4 is 15.1 Å². The Morgan fingerprint density at radius 3 is 2.33 bits per heavy atom. The van der Waals surface area contributed by atoms with Crippen LogP contribution in [0.25, 0.3) is 0 Å². The van der Waals surface area contributed by atoms with Gasteiger partial charge < -0.3 is 14.5 Å². The molecule has 0 bridgehead atoms. The highest BCUT2D eigenvalue weighted by molar-refractivity contribution is 6.30.